The molecule has 0 heterocycles. The van der Waals surface area contributed by atoms with Crippen molar-refractivity contribution in [3.05, 3.63) is 12.2 Å². The van der Waals surface area contributed by atoms with E-state index >= 15 is 0 Å². The molecule has 2 rings (SSSR count). The lowest BCUT2D eigenvalue weighted by molar-refractivity contribution is 0.0168. The van der Waals surface area contributed by atoms with Crippen molar-refractivity contribution in [2.45, 2.75) is 90.6 Å². The third kappa shape index (κ3) is 6.14. The summed E-state index contributed by atoms with van der Waals surface area (Å²) in [6, 6.07) is 0. The Balaban J connectivity index is 1.56. The SMILES string of the molecule is C/C=C/C1CCC(CCC2CCC(OCCC)CC2)CC1. The van der Waals surface area contributed by atoms with Crippen molar-refractivity contribution >= 4 is 0 Å². The van der Waals surface area contributed by atoms with Crippen molar-refractivity contribution in [1.82, 2.24) is 0 Å². The Kier molecular flexibility index (Phi) is 7.85. The zero-order valence-electron chi connectivity index (χ0n) is 14.4. The second kappa shape index (κ2) is 9.66. The Labute approximate surface area is 132 Å². The fraction of sp³-hybridized carbons (Fsp3) is 0.900. The van der Waals surface area contributed by atoms with E-state index in [0.717, 1.165) is 30.8 Å². The summed E-state index contributed by atoms with van der Waals surface area (Å²) in [5, 5.41) is 0. The number of hydrogen-bond donors (Lipinski definition) is 0. The van der Waals surface area contributed by atoms with E-state index in [1.165, 1.54) is 64.2 Å². The summed E-state index contributed by atoms with van der Waals surface area (Å²) in [7, 11) is 0. The highest BCUT2D eigenvalue weighted by atomic mass is 16.5. The predicted octanol–water partition coefficient (Wildman–Crippen LogP) is 6.13. The molecule has 0 aliphatic heterocycles. The lowest BCUT2D eigenvalue weighted by Gasteiger charge is -2.31. The fourth-order valence-electron chi connectivity index (χ4n) is 4.28. The molecule has 21 heavy (non-hydrogen) atoms. The van der Waals surface area contributed by atoms with E-state index in [-0.39, 0.29) is 0 Å². The second-order valence-corrected chi connectivity index (χ2v) is 7.40. The van der Waals surface area contributed by atoms with Crippen LogP contribution in [0.2, 0.25) is 0 Å². The summed E-state index contributed by atoms with van der Waals surface area (Å²) in [5.41, 5.74) is 0. The summed E-state index contributed by atoms with van der Waals surface area (Å²) < 4.78 is 5.90. The summed E-state index contributed by atoms with van der Waals surface area (Å²) in [4.78, 5) is 0. The van der Waals surface area contributed by atoms with Gasteiger partial charge in [0.2, 0.25) is 0 Å². The number of hydrogen-bond acceptors (Lipinski definition) is 1. The van der Waals surface area contributed by atoms with Gasteiger partial charge in [0.05, 0.1) is 6.10 Å². The molecule has 0 atom stereocenters. The first-order chi connectivity index (χ1) is 10.3. The Hall–Kier alpha value is -0.300. The summed E-state index contributed by atoms with van der Waals surface area (Å²) in [6.45, 7) is 5.33. The molecule has 122 valence electrons. The molecule has 0 spiro atoms. The third-order valence-electron chi connectivity index (χ3n) is 5.69. The molecule has 0 amide bonds. The standard InChI is InChI=1S/C20H36O/c1-3-5-17-6-8-18(9-7-17)10-11-19-12-14-20(15-13-19)21-16-4-2/h3,5,17-20H,4,6-16H2,1-2H3/b5-3+. The van der Waals surface area contributed by atoms with Crippen molar-refractivity contribution in [2.24, 2.45) is 17.8 Å². The molecule has 2 saturated carbocycles. The Morgan fingerprint density at radius 2 is 1.43 bits per heavy atom. The molecule has 1 heteroatoms. The molecule has 0 saturated heterocycles. The minimum atomic E-state index is 0.581. The highest BCUT2D eigenvalue weighted by Gasteiger charge is 2.24. The first kappa shape index (κ1) is 17.1. The van der Waals surface area contributed by atoms with Crippen LogP contribution in [0.5, 0.6) is 0 Å². The Bertz CT molecular complexity index is 280. The number of allylic oxidation sites excluding steroid dienone is 2. The van der Waals surface area contributed by atoms with Gasteiger partial charge in [0, 0.05) is 6.61 Å². The van der Waals surface area contributed by atoms with Gasteiger partial charge in [-0.05, 0) is 82.5 Å². The highest BCUT2D eigenvalue weighted by Crippen LogP contribution is 2.36. The van der Waals surface area contributed by atoms with Crippen LogP contribution < -0.4 is 0 Å². The van der Waals surface area contributed by atoms with Crippen LogP contribution in [0.3, 0.4) is 0 Å². The topological polar surface area (TPSA) is 9.23 Å². The molecule has 0 bridgehead atoms. The zero-order valence-corrected chi connectivity index (χ0v) is 14.4. The Morgan fingerprint density at radius 3 is 1.95 bits per heavy atom. The molecule has 0 aromatic carbocycles. The molecule has 0 aromatic heterocycles. The maximum Gasteiger partial charge on any atom is 0.0575 e. The van der Waals surface area contributed by atoms with Gasteiger partial charge in [-0.1, -0.05) is 31.9 Å². The summed E-state index contributed by atoms with van der Waals surface area (Å²) in [6.07, 6.45) is 20.7. The Morgan fingerprint density at radius 1 is 0.857 bits per heavy atom. The lowest BCUT2D eigenvalue weighted by atomic mass is 9.77. The molecular formula is C20H36O. The van der Waals surface area contributed by atoms with E-state index < -0.39 is 0 Å². The van der Waals surface area contributed by atoms with Gasteiger partial charge in [-0.25, -0.2) is 0 Å². The van der Waals surface area contributed by atoms with E-state index in [9.17, 15) is 0 Å². The first-order valence-electron chi connectivity index (χ1n) is 9.56. The minimum Gasteiger partial charge on any atom is -0.378 e. The van der Waals surface area contributed by atoms with E-state index in [1.54, 1.807) is 0 Å². The van der Waals surface area contributed by atoms with Gasteiger partial charge in [-0.15, -0.1) is 0 Å². The van der Waals surface area contributed by atoms with Gasteiger partial charge in [-0.2, -0.15) is 0 Å². The van der Waals surface area contributed by atoms with Crippen LogP contribution in [-0.2, 0) is 4.74 Å². The normalized spacial score (nSPS) is 34.4. The quantitative estimate of drug-likeness (QED) is 0.512. The zero-order chi connectivity index (χ0) is 14.9. The van der Waals surface area contributed by atoms with Gasteiger partial charge < -0.3 is 4.74 Å². The average molecular weight is 293 g/mol. The molecule has 0 aromatic rings. The molecule has 2 aliphatic rings. The lowest BCUT2D eigenvalue weighted by Crippen LogP contribution is -2.22. The second-order valence-electron chi connectivity index (χ2n) is 7.40. The van der Waals surface area contributed by atoms with Crippen LogP contribution in [0, 0.1) is 17.8 Å². The minimum absolute atomic E-state index is 0.581. The van der Waals surface area contributed by atoms with Crippen LogP contribution in [0.1, 0.15) is 84.5 Å². The monoisotopic (exact) mass is 292 g/mol. The van der Waals surface area contributed by atoms with E-state index in [4.69, 9.17) is 4.74 Å². The van der Waals surface area contributed by atoms with Crippen LogP contribution in [0.25, 0.3) is 0 Å². The first-order valence-corrected chi connectivity index (χ1v) is 9.56. The van der Waals surface area contributed by atoms with E-state index in [2.05, 4.69) is 26.0 Å². The molecule has 1 nitrogen and oxygen atoms in total. The van der Waals surface area contributed by atoms with Crippen molar-refractivity contribution in [1.29, 1.82) is 0 Å². The largest absolute Gasteiger partial charge is 0.378 e. The smallest absolute Gasteiger partial charge is 0.0575 e. The van der Waals surface area contributed by atoms with Crippen molar-refractivity contribution in [3.8, 4) is 0 Å². The molecule has 0 N–H and O–H groups in total. The van der Waals surface area contributed by atoms with Crippen LogP contribution >= 0.6 is 0 Å². The summed E-state index contributed by atoms with van der Waals surface area (Å²) >= 11 is 0. The van der Waals surface area contributed by atoms with Crippen LogP contribution in [0.4, 0.5) is 0 Å². The molecule has 2 fully saturated rings. The molecule has 2 aliphatic carbocycles. The number of rotatable bonds is 7. The van der Waals surface area contributed by atoms with Crippen LogP contribution in [-0.4, -0.2) is 12.7 Å². The predicted molar refractivity (Wildman–Crippen MR) is 91.5 cm³/mol. The van der Waals surface area contributed by atoms with Gasteiger partial charge in [0.1, 0.15) is 0 Å². The maximum atomic E-state index is 5.90. The summed E-state index contributed by atoms with van der Waals surface area (Å²) in [5.74, 6) is 2.91. The van der Waals surface area contributed by atoms with Crippen LogP contribution in [0.15, 0.2) is 12.2 Å². The maximum absolute atomic E-state index is 5.90. The van der Waals surface area contributed by atoms with Gasteiger partial charge >= 0.3 is 0 Å². The molecule has 0 radical (unpaired) electrons. The number of ether oxygens (including phenoxy) is 1. The average Bonchev–Trinajstić information content (AvgIpc) is 2.53. The molecular weight excluding hydrogens is 256 g/mol. The van der Waals surface area contributed by atoms with E-state index in [1.807, 2.05) is 0 Å². The fourth-order valence-corrected chi connectivity index (χ4v) is 4.28. The third-order valence-corrected chi connectivity index (χ3v) is 5.69. The highest BCUT2D eigenvalue weighted by molar-refractivity contribution is 4.89. The van der Waals surface area contributed by atoms with Gasteiger partial charge in [-0.3, -0.25) is 0 Å². The van der Waals surface area contributed by atoms with Crippen molar-refractivity contribution in [2.75, 3.05) is 6.61 Å². The van der Waals surface area contributed by atoms with Crippen molar-refractivity contribution in [3.63, 3.8) is 0 Å². The van der Waals surface area contributed by atoms with Gasteiger partial charge in [0.25, 0.3) is 0 Å². The van der Waals surface area contributed by atoms with Crippen molar-refractivity contribution < 1.29 is 4.74 Å². The molecule has 0 unspecified atom stereocenters. The van der Waals surface area contributed by atoms with Gasteiger partial charge in [0.15, 0.2) is 0 Å². The van der Waals surface area contributed by atoms with E-state index in [0.29, 0.717) is 6.10 Å².